The molecule has 2 amide bonds. The molecule has 2 aliphatic rings. The van der Waals surface area contributed by atoms with Crippen molar-refractivity contribution in [3.8, 4) is 17.2 Å². The Balaban J connectivity index is 1.73. The third kappa shape index (κ3) is 4.11. The average molecular weight is 439 g/mol. The van der Waals surface area contributed by atoms with Gasteiger partial charge in [0.05, 0.1) is 33.8 Å². The Morgan fingerprint density at radius 2 is 1.62 bits per heavy atom. The van der Waals surface area contributed by atoms with Gasteiger partial charge in [-0.2, -0.15) is 0 Å². The normalized spacial score (nSPS) is 16.5. The number of methoxy groups -OCH3 is 3. The van der Waals surface area contributed by atoms with Gasteiger partial charge in [-0.3, -0.25) is 9.59 Å². The summed E-state index contributed by atoms with van der Waals surface area (Å²) in [7, 11) is 4.68. The third-order valence-corrected chi connectivity index (χ3v) is 6.37. The van der Waals surface area contributed by atoms with Crippen LogP contribution >= 0.6 is 0 Å². The van der Waals surface area contributed by atoms with Gasteiger partial charge in [0.25, 0.3) is 5.91 Å². The molecule has 0 aliphatic carbocycles. The molecule has 0 N–H and O–H groups in total. The van der Waals surface area contributed by atoms with Gasteiger partial charge in [-0.05, 0) is 48.6 Å². The molecule has 32 heavy (non-hydrogen) atoms. The number of carbonyl (C=O) groups is 2. The molecule has 0 radical (unpaired) electrons. The van der Waals surface area contributed by atoms with Crippen molar-refractivity contribution in [1.29, 1.82) is 0 Å². The smallest absolute Gasteiger partial charge is 0.255 e. The fraction of sp³-hybridized carbons (Fsp3) is 0.440. The lowest BCUT2D eigenvalue weighted by atomic mass is 9.99. The Bertz CT molecular complexity index is 975. The van der Waals surface area contributed by atoms with Gasteiger partial charge >= 0.3 is 0 Å². The van der Waals surface area contributed by atoms with Crippen LogP contribution in [0.1, 0.15) is 53.2 Å². The highest BCUT2D eigenvalue weighted by atomic mass is 16.5. The summed E-state index contributed by atoms with van der Waals surface area (Å²) in [6.45, 7) is 2.01. The van der Waals surface area contributed by atoms with Gasteiger partial charge in [0.15, 0.2) is 11.5 Å². The number of rotatable bonds is 7. The van der Waals surface area contributed by atoms with Crippen molar-refractivity contribution in [2.45, 2.75) is 38.3 Å². The minimum absolute atomic E-state index is 0.0622. The fourth-order valence-corrected chi connectivity index (χ4v) is 4.67. The van der Waals surface area contributed by atoms with Crippen molar-refractivity contribution in [3.05, 3.63) is 53.1 Å². The van der Waals surface area contributed by atoms with E-state index in [1.54, 1.807) is 26.2 Å². The van der Waals surface area contributed by atoms with Crippen molar-refractivity contribution in [2.75, 3.05) is 34.4 Å². The number of likely N-dealkylation sites (tertiary alicyclic amines) is 1. The van der Waals surface area contributed by atoms with Gasteiger partial charge in [0, 0.05) is 25.2 Å². The van der Waals surface area contributed by atoms with Crippen molar-refractivity contribution in [2.24, 2.45) is 0 Å². The molecule has 7 heteroatoms. The van der Waals surface area contributed by atoms with Crippen LogP contribution in [0.4, 0.5) is 0 Å². The molecular formula is C25H30N2O5. The molecule has 2 aromatic rings. The van der Waals surface area contributed by atoms with Gasteiger partial charge in [-0.25, -0.2) is 0 Å². The number of fused-ring (bicyclic) bond motifs is 1. The molecule has 2 heterocycles. The summed E-state index contributed by atoms with van der Waals surface area (Å²) < 4.78 is 16.5. The largest absolute Gasteiger partial charge is 0.493 e. The van der Waals surface area contributed by atoms with Crippen LogP contribution < -0.4 is 14.2 Å². The van der Waals surface area contributed by atoms with Crippen LogP contribution in [-0.2, 0) is 11.3 Å². The van der Waals surface area contributed by atoms with E-state index in [0.29, 0.717) is 29.4 Å². The topological polar surface area (TPSA) is 68.3 Å². The maximum Gasteiger partial charge on any atom is 0.255 e. The van der Waals surface area contributed by atoms with E-state index in [4.69, 9.17) is 14.2 Å². The minimum Gasteiger partial charge on any atom is -0.493 e. The second-order valence-electron chi connectivity index (χ2n) is 8.21. The van der Waals surface area contributed by atoms with E-state index in [0.717, 1.165) is 43.5 Å². The molecule has 170 valence electrons. The van der Waals surface area contributed by atoms with E-state index in [1.165, 1.54) is 0 Å². The van der Waals surface area contributed by atoms with Crippen LogP contribution in [0.2, 0.25) is 0 Å². The molecule has 2 aromatic carbocycles. The van der Waals surface area contributed by atoms with Crippen LogP contribution in [-0.4, -0.2) is 56.0 Å². The number of hydrogen-bond donors (Lipinski definition) is 0. The fourth-order valence-electron chi connectivity index (χ4n) is 4.67. The first-order valence-electron chi connectivity index (χ1n) is 11.0. The highest BCUT2D eigenvalue weighted by Crippen LogP contribution is 2.43. The summed E-state index contributed by atoms with van der Waals surface area (Å²) in [4.78, 5) is 30.3. The molecule has 0 unspecified atom stereocenters. The molecule has 7 nitrogen and oxygen atoms in total. The second-order valence-corrected chi connectivity index (χ2v) is 8.21. The predicted octanol–water partition coefficient (Wildman–Crippen LogP) is 3.81. The van der Waals surface area contributed by atoms with Crippen LogP contribution in [0, 0.1) is 0 Å². The Morgan fingerprint density at radius 1 is 0.969 bits per heavy atom. The third-order valence-electron chi connectivity index (χ3n) is 6.37. The van der Waals surface area contributed by atoms with Gasteiger partial charge in [-0.1, -0.05) is 18.2 Å². The molecule has 1 atom stereocenters. The van der Waals surface area contributed by atoms with E-state index < -0.39 is 6.04 Å². The zero-order valence-electron chi connectivity index (χ0n) is 18.9. The molecule has 0 bridgehead atoms. The van der Waals surface area contributed by atoms with E-state index in [-0.39, 0.29) is 18.2 Å². The van der Waals surface area contributed by atoms with E-state index in [2.05, 4.69) is 0 Å². The van der Waals surface area contributed by atoms with Crippen molar-refractivity contribution >= 4 is 11.8 Å². The minimum atomic E-state index is -0.446. The summed E-state index contributed by atoms with van der Waals surface area (Å²) in [5, 5.41) is 0. The number of nitrogens with zero attached hydrogens (tertiary/aromatic N) is 2. The number of ether oxygens (including phenoxy) is 3. The monoisotopic (exact) mass is 438 g/mol. The lowest BCUT2D eigenvalue weighted by molar-refractivity contribution is -0.133. The van der Waals surface area contributed by atoms with Crippen molar-refractivity contribution in [1.82, 2.24) is 9.80 Å². The number of piperidine rings is 1. The lowest BCUT2D eigenvalue weighted by Crippen LogP contribution is -2.39. The first kappa shape index (κ1) is 22.0. The first-order valence-corrected chi connectivity index (χ1v) is 11.0. The quantitative estimate of drug-likeness (QED) is 0.658. The van der Waals surface area contributed by atoms with Crippen LogP contribution in [0.5, 0.6) is 17.2 Å². The Kier molecular flexibility index (Phi) is 6.53. The highest BCUT2D eigenvalue weighted by Gasteiger charge is 2.36. The summed E-state index contributed by atoms with van der Waals surface area (Å²) in [5.41, 5.74) is 2.45. The second kappa shape index (κ2) is 9.51. The zero-order valence-corrected chi connectivity index (χ0v) is 18.9. The van der Waals surface area contributed by atoms with Crippen LogP contribution in [0.25, 0.3) is 0 Å². The van der Waals surface area contributed by atoms with E-state index in [9.17, 15) is 9.59 Å². The molecule has 0 spiro atoms. The Labute approximate surface area is 188 Å². The Hall–Kier alpha value is -3.22. The van der Waals surface area contributed by atoms with Crippen molar-refractivity contribution < 1.29 is 23.8 Å². The highest BCUT2D eigenvalue weighted by molar-refractivity contribution is 5.99. The summed E-state index contributed by atoms with van der Waals surface area (Å²) in [5.74, 6) is 1.48. The zero-order chi connectivity index (χ0) is 22.7. The van der Waals surface area contributed by atoms with Crippen LogP contribution in [0.3, 0.4) is 0 Å². The van der Waals surface area contributed by atoms with Gasteiger partial charge in [0.2, 0.25) is 11.7 Å². The van der Waals surface area contributed by atoms with Crippen molar-refractivity contribution in [3.63, 3.8) is 0 Å². The summed E-state index contributed by atoms with van der Waals surface area (Å²) >= 11 is 0. The summed E-state index contributed by atoms with van der Waals surface area (Å²) in [6.07, 6.45) is 3.40. The standard InChI is InChI=1S/C25H30N2O5/c1-30-21-13-18(14-22(31-2)24(21)32-3)20(15-23(28)26-11-7-4-8-12-26)27-16-17-9-5-6-10-19(17)25(27)29/h5-6,9-10,13-14,20H,4,7-8,11-12,15-16H2,1-3H3/t20-/m1/s1. The van der Waals surface area contributed by atoms with Crippen LogP contribution in [0.15, 0.2) is 36.4 Å². The lowest BCUT2D eigenvalue weighted by Gasteiger charge is -2.32. The SMILES string of the molecule is COc1cc([C@@H](CC(=O)N2CCCCC2)N2Cc3ccccc3C2=O)cc(OC)c1OC. The number of hydrogen-bond acceptors (Lipinski definition) is 5. The predicted molar refractivity (Wildman–Crippen MR) is 120 cm³/mol. The average Bonchev–Trinajstić information content (AvgIpc) is 3.18. The first-order chi connectivity index (χ1) is 15.6. The molecule has 0 saturated carbocycles. The van der Waals surface area contributed by atoms with Gasteiger partial charge in [0.1, 0.15) is 0 Å². The van der Waals surface area contributed by atoms with Gasteiger partial charge < -0.3 is 24.0 Å². The molecule has 1 fully saturated rings. The van der Waals surface area contributed by atoms with Gasteiger partial charge in [-0.15, -0.1) is 0 Å². The number of amides is 2. The maximum absolute atomic E-state index is 13.3. The summed E-state index contributed by atoms with van der Waals surface area (Å²) in [6, 6.07) is 10.8. The Morgan fingerprint density at radius 3 is 2.22 bits per heavy atom. The van der Waals surface area contributed by atoms with E-state index >= 15 is 0 Å². The molecule has 2 aliphatic heterocycles. The maximum atomic E-state index is 13.3. The number of carbonyl (C=O) groups excluding carboxylic acids is 2. The molecule has 0 aromatic heterocycles. The number of benzene rings is 2. The molecule has 1 saturated heterocycles. The van der Waals surface area contributed by atoms with E-state index in [1.807, 2.05) is 41.3 Å². The molecular weight excluding hydrogens is 408 g/mol. The molecule has 4 rings (SSSR count).